The number of rotatable bonds is 5. The van der Waals surface area contributed by atoms with Crippen LogP contribution < -0.4 is 26.2 Å². The van der Waals surface area contributed by atoms with E-state index in [0.29, 0.717) is 28.4 Å². The number of nitrogens with one attached hydrogen (secondary N) is 4. The van der Waals surface area contributed by atoms with Gasteiger partial charge in [0.25, 0.3) is 0 Å². The van der Waals surface area contributed by atoms with E-state index < -0.39 is 6.04 Å². The number of benzene rings is 3. The normalized spacial score (nSPS) is 13.4. The molecular weight excluding hydrogens is 406 g/mol. The minimum Gasteiger partial charge on any atom is -0.374 e. The molecule has 0 saturated carbocycles. The molecule has 0 aliphatic carbocycles. The molecule has 4 rings (SSSR count). The Bertz CT molecular complexity index is 1150. The number of carbonyl (C=O) groups excluding carboxylic acids is 3. The van der Waals surface area contributed by atoms with Gasteiger partial charge in [-0.15, -0.1) is 0 Å². The molecule has 4 N–H and O–H groups in total. The van der Waals surface area contributed by atoms with E-state index in [4.69, 9.17) is 0 Å². The first-order valence-corrected chi connectivity index (χ1v) is 10.2. The second-order valence-electron chi connectivity index (χ2n) is 7.38. The predicted molar refractivity (Wildman–Crippen MR) is 126 cm³/mol. The summed E-state index contributed by atoms with van der Waals surface area (Å²) in [6, 6.07) is 22.5. The van der Waals surface area contributed by atoms with Gasteiger partial charge < -0.3 is 21.3 Å². The molecule has 1 unspecified atom stereocenters. The molecule has 0 saturated heterocycles. The Kier molecular flexibility index (Phi) is 6.03. The summed E-state index contributed by atoms with van der Waals surface area (Å²) in [5.74, 6) is -0.465. The van der Waals surface area contributed by atoms with E-state index in [2.05, 4.69) is 21.3 Å². The molecule has 0 bridgehead atoms. The van der Waals surface area contributed by atoms with Crippen molar-refractivity contribution >= 4 is 46.3 Å². The van der Waals surface area contributed by atoms with Crippen LogP contribution in [0.3, 0.4) is 0 Å². The van der Waals surface area contributed by atoms with Crippen molar-refractivity contribution in [2.75, 3.05) is 32.7 Å². The Balaban J connectivity index is 1.41. The van der Waals surface area contributed by atoms with Crippen LogP contribution in [0.15, 0.2) is 78.9 Å². The molecule has 0 aromatic heterocycles. The van der Waals surface area contributed by atoms with Gasteiger partial charge in [0.05, 0.1) is 11.4 Å². The molecule has 4 amide bonds. The molecule has 0 fully saturated rings. The topological polar surface area (TPSA) is 103 Å². The molecule has 1 aliphatic rings. The molecule has 8 heteroatoms. The smallest absolute Gasteiger partial charge is 0.323 e. The molecule has 3 aromatic carbocycles. The number of carbonyl (C=O) groups is 3. The first-order valence-electron chi connectivity index (χ1n) is 10.2. The lowest BCUT2D eigenvalue weighted by Crippen LogP contribution is -2.47. The summed E-state index contributed by atoms with van der Waals surface area (Å²) in [6.45, 7) is 1.70. The van der Waals surface area contributed by atoms with Crippen molar-refractivity contribution in [3.63, 3.8) is 0 Å². The molecule has 0 spiro atoms. The van der Waals surface area contributed by atoms with Crippen LogP contribution in [-0.4, -0.2) is 30.4 Å². The van der Waals surface area contributed by atoms with Gasteiger partial charge in [-0.05, 0) is 49.4 Å². The second-order valence-corrected chi connectivity index (χ2v) is 7.38. The van der Waals surface area contributed by atoms with Crippen molar-refractivity contribution in [2.24, 2.45) is 0 Å². The van der Waals surface area contributed by atoms with Gasteiger partial charge in [0.15, 0.2) is 0 Å². The van der Waals surface area contributed by atoms with Gasteiger partial charge >= 0.3 is 6.03 Å². The highest BCUT2D eigenvalue weighted by atomic mass is 16.2. The zero-order chi connectivity index (χ0) is 22.5. The minimum absolute atomic E-state index is 0.0386. The monoisotopic (exact) mass is 429 g/mol. The standard InChI is InChI=1S/C24H23N5O3/c1-16(23(31)29-15-22(30)28-20-12-5-6-13-21(20)29)25-18-10-7-11-19(14-18)27-24(32)26-17-8-3-2-4-9-17/h2-14,16,25H,15H2,1H3,(H,28,30)(H2,26,27,32). The van der Waals surface area contributed by atoms with Crippen molar-refractivity contribution in [3.8, 4) is 0 Å². The maximum absolute atomic E-state index is 13.1. The van der Waals surface area contributed by atoms with Gasteiger partial charge in [-0.3, -0.25) is 14.5 Å². The van der Waals surface area contributed by atoms with Crippen LogP contribution in [0.1, 0.15) is 6.92 Å². The van der Waals surface area contributed by atoms with Gasteiger partial charge in [-0.2, -0.15) is 0 Å². The second kappa shape index (κ2) is 9.22. The molecule has 162 valence electrons. The number of amides is 4. The zero-order valence-electron chi connectivity index (χ0n) is 17.5. The van der Waals surface area contributed by atoms with E-state index in [1.165, 1.54) is 4.90 Å². The maximum atomic E-state index is 13.1. The first-order chi connectivity index (χ1) is 15.5. The Morgan fingerprint density at radius 3 is 2.34 bits per heavy atom. The van der Waals surface area contributed by atoms with E-state index in [0.717, 1.165) is 0 Å². The average molecular weight is 429 g/mol. The summed E-state index contributed by atoms with van der Waals surface area (Å²) >= 11 is 0. The number of para-hydroxylation sites is 3. The number of fused-ring (bicyclic) bond motifs is 1. The van der Waals surface area contributed by atoms with E-state index >= 15 is 0 Å². The largest absolute Gasteiger partial charge is 0.374 e. The summed E-state index contributed by atoms with van der Waals surface area (Å²) in [7, 11) is 0. The lowest BCUT2D eigenvalue weighted by atomic mass is 10.1. The van der Waals surface area contributed by atoms with Crippen molar-refractivity contribution in [1.29, 1.82) is 0 Å². The minimum atomic E-state index is -0.595. The fourth-order valence-electron chi connectivity index (χ4n) is 3.48. The number of hydrogen-bond acceptors (Lipinski definition) is 4. The SMILES string of the molecule is CC(Nc1cccc(NC(=O)Nc2ccccc2)c1)C(=O)N1CC(=O)Nc2ccccc21. The van der Waals surface area contributed by atoms with Crippen LogP contribution in [0.25, 0.3) is 0 Å². The molecule has 32 heavy (non-hydrogen) atoms. The number of nitrogens with zero attached hydrogens (tertiary/aromatic N) is 1. The fourth-order valence-corrected chi connectivity index (χ4v) is 3.48. The van der Waals surface area contributed by atoms with Gasteiger partial charge in [-0.25, -0.2) is 4.79 Å². The van der Waals surface area contributed by atoms with E-state index in [9.17, 15) is 14.4 Å². The lowest BCUT2D eigenvalue weighted by Gasteiger charge is -2.31. The third-order valence-corrected chi connectivity index (χ3v) is 4.94. The van der Waals surface area contributed by atoms with Crippen LogP contribution in [0, 0.1) is 0 Å². The lowest BCUT2D eigenvalue weighted by molar-refractivity contribution is -0.122. The summed E-state index contributed by atoms with van der Waals surface area (Å²) in [5, 5.41) is 11.5. The first kappa shape index (κ1) is 20.9. The van der Waals surface area contributed by atoms with E-state index in [1.54, 1.807) is 61.5 Å². The average Bonchev–Trinajstić information content (AvgIpc) is 2.78. The van der Waals surface area contributed by atoms with Crippen molar-refractivity contribution in [1.82, 2.24) is 0 Å². The number of urea groups is 1. The van der Waals surface area contributed by atoms with Crippen molar-refractivity contribution in [2.45, 2.75) is 13.0 Å². The highest BCUT2D eigenvalue weighted by Gasteiger charge is 2.29. The number of anilines is 5. The molecule has 3 aromatic rings. The third-order valence-electron chi connectivity index (χ3n) is 4.94. The van der Waals surface area contributed by atoms with Crippen LogP contribution >= 0.6 is 0 Å². The van der Waals surface area contributed by atoms with Gasteiger partial charge in [0, 0.05) is 17.1 Å². The van der Waals surface area contributed by atoms with Crippen molar-refractivity contribution < 1.29 is 14.4 Å². The van der Waals surface area contributed by atoms with Crippen LogP contribution in [0.5, 0.6) is 0 Å². The van der Waals surface area contributed by atoms with E-state index in [-0.39, 0.29) is 24.4 Å². The zero-order valence-corrected chi connectivity index (χ0v) is 17.5. The summed E-state index contributed by atoms with van der Waals surface area (Å²) in [6.07, 6.45) is 0. The number of hydrogen-bond donors (Lipinski definition) is 4. The highest BCUT2D eigenvalue weighted by Crippen LogP contribution is 2.29. The van der Waals surface area contributed by atoms with Crippen LogP contribution in [0.2, 0.25) is 0 Å². The molecule has 1 atom stereocenters. The van der Waals surface area contributed by atoms with Gasteiger partial charge in [0.2, 0.25) is 11.8 Å². The van der Waals surface area contributed by atoms with Crippen LogP contribution in [0.4, 0.5) is 33.2 Å². The predicted octanol–water partition coefficient (Wildman–Crippen LogP) is 4.12. The fraction of sp³-hybridized carbons (Fsp3) is 0.125. The molecule has 1 heterocycles. The van der Waals surface area contributed by atoms with Crippen molar-refractivity contribution in [3.05, 3.63) is 78.9 Å². The summed E-state index contributed by atoms with van der Waals surface area (Å²) < 4.78 is 0. The Morgan fingerprint density at radius 1 is 0.875 bits per heavy atom. The Morgan fingerprint density at radius 2 is 1.53 bits per heavy atom. The molecule has 1 aliphatic heterocycles. The molecular formula is C24H23N5O3. The quantitative estimate of drug-likeness (QED) is 0.490. The molecule has 8 nitrogen and oxygen atoms in total. The maximum Gasteiger partial charge on any atom is 0.323 e. The van der Waals surface area contributed by atoms with Gasteiger partial charge in [-0.1, -0.05) is 36.4 Å². The Hall–Kier alpha value is -4.33. The van der Waals surface area contributed by atoms with Gasteiger partial charge in [0.1, 0.15) is 12.6 Å². The third kappa shape index (κ3) is 4.86. The Labute approximate surface area is 185 Å². The van der Waals surface area contributed by atoms with E-state index in [1.807, 2.05) is 24.3 Å². The highest BCUT2D eigenvalue weighted by molar-refractivity contribution is 6.11. The summed E-state index contributed by atoms with van der Waals surface area (Å²) in [5.41, 5.74) is 3.20. The summed E-state index contributed by atoms with van der Waals surface area (Å²) in [4.78, 5) is 38.8. The van der Waals surface area contributed by atoms with Crippen LogP contribution in [-0.2, 0) is 9.59 Å². The molecule has 0 radical (unpaired) electrons.